The highest BCUT2D eigenvalue weighted by molar-refractivity contribution is 7.91. The van der Waals surface area contributed by atoms with E-state index in [2.05, 4.69) is 10.3 Å². The smallest absolute Gasteiger partial charge is 0.238 e. The zero-order valence-electron chi connectivity index (χ0n) is 15.8. The van der Waals surface area contributed by atoms with Crippen molar-refractivity contribution in [2.24, 2.45) is 0 Å². The van der Waals surface area contributed by atoms with Crippen molar-refractivity contribution in [3.63, 3.8) is 0 Å². The SMILES string of the molecule is Cc1ccc(Nc2oc(-c3ccc(Cl)cc3)nc2S(=O)(=O)c2ccc(Cl)cc2)cc1. The normalized spacial score (nSPS) is 11.4. The number of aryl methyl sites for hydroxylation is 1. The molecule has 0 amide bonds. The van der Waals surface area contributed by atoms with Crippen LogP contribution in [0.25, 0.3) is 11.5 Å². The molecule has 0 radical (unpaired) electrons. The minimum atomic E-state index is -3.96. The Labute approximate surface area is 184 Å². The van der Waals surface area contributed by atoms with Gasteiger partial charge in [-0.05, 0) is 67.6 Å². The van der Waals surface area contributed by atoms with Gasteiger partial charge in [0.25, 0.3) is 0 Å². The minimum absolute atomic E-state index is 0.0266. The lowest BCUT2D eigenvalue weighted by Gasteiger charge is -2.06. The van der Waals surface area contributed by atoms with Gasteiger partial charge in [-0.1, -0.05) is 40.9 Å². The first-order chi connectivity index (χ1) is 14.3. The fourth-order valence-corrected chi connectivity index (χ4v) is 4.29. The van der Waals surface area contributed by atoms with Crippen LogP contribution < -0.4 is 5.32 Å². The number of rotatable bonds is 5. The summed E-state index contributed by atoms with van der Waals surface area (Å²) in [6, 6.07) is 20.2. The van der Waals surface area contributed by atoms with E-state index in [0.717, 1.165) is 5.56 Å². The number of anilines is 2. The highest BCUT2D eigenvalue weighted by atomic mass is 35.5. The van der Waals surface area contributed by atoms with Gasteiger partial charge < -0.3 is 9.73 Å². The van der Waals surface area contributed by atoms with Crippen molar-refractivity contribution < 1.29 is 12.8 Å². The summed E-state index contributed by atoms with van der Waals surface area (Å²) in [7, 11) is -3.96. The molecule has 30 heavy (non-hydrogen) atoms. The molecule has 1 aromatic heterocycles. The maximum absolute atomic E-state index is 13.3. The number of nitrogens with zero attached hydrogens (tertiary/aromatic N) is 1. The van der Waals surface area contributed by atoms with Gasteiger partial charge in [-0.25, -0.2) is 8.42 Å². The Balaban J connectivity index is 1.83. The predicted molar refractivity (Wildman–Crippen MR) is 118 cm³/mol. The third-order valence-electron chi connectivity index (χ3n) is 4.38. The molecule has 3 aromatic carbocycles. The van der Waals surface area contributed by atoms with Gasteiger partial charge in [-0.15, -0.1) is 0 Å². The van der Waals surface area contributed by atoms with Gasteiger partial charge in [0.15, 0.2) is 0 Å². The van der Waals surface area contributed by atoms with Crippen LogP contribution in [0.2, 0.25) is 10.0 Å². The number of hydrogen-bond donors (Lipinski definition) is 1. The summed E-state index contributed by atoms with van der Waals surface area (Å²) >= 11 is 11.9. The average molecular weight is 459 g/mol. The van der Waals surface area contributed by atoms with Gasteiger partial charge >= 0.3 is 0 Å². The molecule has 0 unspecified atom stereocenters. The van der Waals surface area contributed by atoms with Crippen LogP contribution in [0.5, 0.6) is 0 Å². The maximum Gasteiger partial charge on any atom is 0.238 e. The number of nitrogens with one attached hydrogen (secondary N) is 1. The summed E-state index contributed by atoms with van der Waals surface area (Å²) in [6.07, 6.45) is 0. The van der Waals surface area contributed by atoms with E-state index < -0.39 is 9.84 Å². The molecule has 0 saturated carbocycles. The van der Waals surface area contributed by atoms with E-state index >= 15 is 0 Å². The fraction of sp³-hybridized carbons (Fsp3) is 0.0455. The van der Waals surface area contributed by atoms with Gasteiger partial charge in [0.05, 0.1) is 4.90 Å². The number of benzene rings is 3. The first kappa shape index (κ1) is 20.5. The quantitative estimate of drug-likeness (QED) is 0.367. The molecule has 1 heterocycles. The molecule has 0 aliphatic rings. The maximum atomic E-state index is 13.3. The van der Waals surface area contributed by atoms with Crippen molar-refractivity contribution >= 4 is 44.6 Å². The molecule has 4 rings (SSSR count). The van der Waals surface area contributed by atoms with Crippen LogP contribution in [0.4, 0.5) is 11.6 Å². The summed E-state index contributed by atoms with van der Waals surface area (Å²) in [5, 5.41) is 3.81. The van der Waals surface area contributed by atoms with Crippen LogP contribution in [0.3, 0.4) is 0 Å². The largest absolute Gasteiger partial charge is 0.419 e. The zero-order chi connectivity index (χ0) is 21.3. The molecule has 5 nitrogen and oxygen atoms in total. The van der Waals surface area contributed by atoms with Crippen molar-refractivity contribution in [2.75, 3.05) is 5.32 Å². The van der Waals surface area contributed by atoms with E-state index in [4.69, 9.17) is 27.6 Å². The van der Waals surface area contributed by atoms with Gasteiger partial charge in [0.2, 0.25) is 26.6 Å². The summed E-state index contributed by atoms with van der Waals surface area (Å²) in [6.45, 7) is 1.97. The topological polar surface area (TPSA) is 72.2 Å². The Morgan fingerprint density at radius 2 is 1.40 bits per heavy atom. The summed E-state index contributed by atoms with van der Waals surface area (Å²) in [5.41, 5.74) is 2.35. The molecule has 0 saturated heterocycles. The van der Waals surface area contributed by atoms with Gasteiger partial charge in [-0.2, -0.15) is 4.98 Å². The lowest BCUT2D eigenvalue weighted by atomic mass is 10.2. The molecule has 0 atom stereocenters. The standard InChI is InChI=1S/C22H16Cl2N2O3S/c1-14-2-10-18(11-3-14)25-21-22(30(27,28)19-12-8-17(24)9-13-19)26-20(29-21)15-4-6-16(23)7-5-15/h2-13,25H,1H3. The van der Waals surface area contributed by atoms with Crippen LogP contribution in [-0.2, 0) is 9.84 Å². The Morgan fingerprint density at radius 3 is 2.00 bits per heavy atom. The lowest BCUT2D eigenvalue weighted by Crippen LogP contribution is -2.05. The van der Waals surface area contributed by atoms with Crippen LogP contribution in [0.1, 0.15) is 5.56 Å². The van der Waals surface area contributed by atoms with E-state index in [1.807, 2.05) is 31.2 Å². The van der Waals surface area contributed by atoms with Crippen molar-refractivity contribution in [1.82, 2.24) is 4.98 Å². The van der Waals surface area contributed by atoms with E-state index in [0.29, 0.717) is 21.3 Å². The Hall–Kier alpha value is -2.80. The molecule has 0 fully saturated rings. The lowest BCUT2D eigenvalue weighted by molar-refractivity contribution is 0.582. The van der Waals surface area contributed by atoms with Crippen molar-refractivity contribution in [3.8, 4) is 11.5 Å². The molecule has 4 aromatic rings. The Kier molecular flexibility index (Phi) is 5.56. The van der Waals surface area contributed by atoms with Crippen LogP contribution in [0, 0.1) is 6.92 Å². The van der Waals surface area contributed by atoms with E-state index in [1.54, 1.807) is 24.3 Å². The molecule has 1 N–H and O–H groups in total. The van der Waals surface area contributed by atoms with Crippen LogP contribution in [0.15, 0.2) is 87.1 Å². The van der Waals surface area contributed by atoms with E-state index in [-0.39, 0.29) is 21.7 Å². The molecule has 0 aliphatic carbocycles. The summed E-state index contributed by atoms with van der Waals surface area (Å²) in [4.78, 5) is 4.37. The first-order valence-corrected chi connectivity index (χ1v) is 11.2. The van der Waals surface area contributed by atoms with E-state index in [1.165, 1.54) is 24.3 Å². The van der Waals surface area contributed by atoms with Gasteiger partial charge in [-0.3, -0.25) is 0 Å². The Bertz CT molecular complexity index is 1280. The highest BCUT2D eigenvalue weighted by Crippen LogP contribution is 2.34. The number of oxazole rings is 1. The highest BCUT2D eigenvalue weighted by Gasteiger charge is 2.28. The third-order valence-corrected chi connectivity index (χ3v) is 6.56. The molecule has 0 spiro atoms. The molecule has 152 valence electrons. The zero-order valence-corrected chi connectivity index (χ0v) is 18.1. The predicted octanol–water partition coefficient (Wildman–Crippen LogP) is 6.53. The number of sulfone groups is 1. The second-order valence-corrected chi connectivity index (χ2v) is 9.35. The fourth-order valence-electron chi connectivity index (χ4n) is 2.78. The minimum Gasteiger partial charge on any atom is -0.419 e. The van der Waals surface area contributed by atoms with Crippen molar-refractivity contribution in [3.05, 3.63) is 88.4 Å². The monoisotopic (exact) mass is 458 g/mol. The van der Waals surface area contributed by atoms with Crippen molar-refractivity contribution in [2.45, 2.75) is 16.8 Å². The number of aromatic nitrogens is 1. The van der Waals surface area contributed by atoms with Gasteiger partial charge in [0, 0.05) is 21.3 Å². The second-order valence-electron chi connectivity index (χ2n) is 6.61. The number of halogens is 2. The summed E-state index contributed by atoms with van der Waals surface area (Å²) in [5.74, 6) is 0.188. The first-order valence-electron chi connectivity index (χ1n) is 8.94. The molecule has 8 heteroatoms. The molecule has 0 bridgehead atoms. The summed E-state index contributed by atoms with van der Waals surface area (Å²) < 4.78 is 32.4. The van der Waals surface area contributed by atoms with Gasteiger partial charge in [0.1, 0.15) is 0 Å². The Morgan fingerprint density at radius 1 is 0.833 bits per heavy atom. The molecular weight excluding hydrogens is 443 g/mol. The second kappa shape index (κ2) is 8.14. The van der Waals surface area contributed by atoms with E-state index in [9.17, 15) is 8.42 Å². The number of hydrogen-bond acceptors (Lipinski definition) is 5. The van der Waals surface area contributed by atoms with Crippen LogP contribution in [-0.4, -0.2) is 13.4 Å². The van der Waals surface area contributed by atoms with Crippen molar-refractivity contribution in [1.29, 1.82) is 0 Å². The van der Waals surface area contributed by atoms with Crippen LogP contribution >= 0.6 is 23.2 Å². The third kappa shape index (κ3) is 4.21. The molecule has 0 aliphatic heterocycles. The molecular formula is C22H16Cl2N2O3S. The average Bonchev–Trinajstić information content (AvgIpc) is 3.15.